The lowest BCUT2D eigenvalue weighted by Gasteiger charge is -2.11. The van der Waals surface area contributed by atoms with E-state index < -0.39 is 10.8 Å². The van der Waals surface area contributed by atoms with Crippen molar-refractivity contribution in [1.82, 2.24) is 9.99 Å². The van der Waals surface area contributed by atoms with Crippen LogP contribution in [0.15, 0.2) is 82.4 Å². The highest BCUT2D eigenvalue weighted by Gasteiger charge is 2.13. The van der Waals surface area contributed by atoms with Gasteiger partial charge in [0.05, 0.1) is 16.7 Å². The van der Waals surface area contributed by atoms with Crippen LogP contribution in [0.4, 0.5) is 5.69 Å². The fraction of sp³-hybridized carbons (Fsp3) is 0.0769. The zero-order chi connectivity index (χ0) is 25.1. The number of hydrogen-bond acceptors (Lipinski definition) is 5. The fourth-order valence-electron chi connectivity index (χ4n) is 3.80. The molecule has 0 aliphatic heterocycles. The molecule has 0 unspecified atom stereocenters. The number of non-ortho nitro benzene ring substituents is 1. The third-order valence-electron chi connectivity index (χ3n) is 5.58. The van der Waals surface area contributed by atoms with Gasteiger partial charge in [0.1, 0.15) is 5.75 Å². The van der Waals surface area contributed by atoms with E-state index in [0.29, 0.717) is 4.47 Å². The summed E-state index contributed by atoms with van der Waals surface area (Å²) in [6.07, 6.45) is 1.57. The number of benzene rings is 3. The number of nitro benzene ring substituents is 1. The Labute approximate surface area is 209 Å². The van der Waals surface area contributed by atoms with E-state index in [9.17, 15) is 20.0 Å². The Morgan fingerprint density at radius 2 is 1.66 bits per heavy atom. The van der Waals surface area contributed by atoms with Crippen molar-refractivity contribution in [3.8, 4) is 22.6 Å². The average Bonchev–Trinajstić information content (AvgIpc) is 3.13. The molecule has 4 aromatic rings. The second kappa shape index (κ2) is 9.94. The van der Waals surface area contributed by atoms with Crippen molar-refractivity contribution in [1.29, 1.82) is 0 Å². The molecule has 0 radical (unpaired) electrons. The van der Waals surface area contributed by atoms with Gasteiger partial charge in [0.15, 0.2) is 0 Å². The van der Waals surface area contributed by atoms with Crippen LogP contribution in [0.5, 0.6) is 5.75 Å². The normalized spacial score (nSPS) is 11.1. The highest BCUT2D eigenvalue weighted by molar-refractivity contribution is 9.10. The van der Waals surface area contributed by atoms with Crippen molar-refractivity contribution in [2.45, 2.75) is 13.8 Å². The van der Waals surface area contributed by atoms with E-state index >= 15 is 0 Å². The van der Waals surface area contributed by atoms with Gasteiger partial charge in [0, 0.05) is 39.2 Å². The number of aromatic nitrogens is 1. The van der Waals surface area contributed by atoms with E-state index in [4.69, 9.17) is 0 Å². The number of aryl methyl sites for hydroxylation is 1. The first kappa shape index (κ1) is 23.9. The maximum atomic E-state index is 12.3. The van der Waals surface area contributed by atoms with Crippen molar-refractivity contribution in [3.63, 3.8) is 0 Å². The van der Waals surface area contributed by atoms with Gasteiger partial charge < -0.3 is 9.67 Å². The summed E-state index contributed by atoms with van der Waals surface area (Å²) in [5.74, 6) is -0.646. The number of carbonyl (C=O) groups is 1. The van der Waals surface area contributed by atoms with Crippen LogP contribution >= 0.6 is 15.9 Å². The molecular weight excluding hydrogens is 512 g/mol. The van der Waals surface area contributed by atoms with Crippen LogP contribution in [0.1, 0.15) is 27.3 Å². The number of rotatable bonds is 6. The molecule has 1 heterocycles. The molecule has 3 aromatic carbocycles. The molecule has 176 valence electrons. The lowest BCUT2D eigenvalue weighted by Crippen LogP contribution is -2.17. The van der Waals surface area contributed by atoms with E-state index in [-0.39, 0.29) is 17.0 Å². The SMILES string of the molecule is Cc1cc(/C=N/NC(=O)c2cc(Br)ccc2O)c(C)n1-c1ccc(-c2ccc([N+](=O)[O-])cc2)cc1. The van der Waals surface area contributed by atoms with Gasteiger partial charge in [-0.15, -0.1) is 0 Å². The minimum absolute atomic E-state index is 0.0581. The number of hydrogen-bond donors (Lipinski definition) is 2. The summed E-state index contributed by atoms with van der Waals surface area (Å²) in [7, 11) is 0. The molecule has 35 heavy (non-hydrogen) atoms. The molecule has 0 aliphatic carbocycles. The zero-order valence-corrected chi connectivity index (χ0v) is 20.5. The van der Waals surface area contributed by atoms with Crippen LogP contribution < -0.4 is 5.43 Å². The standard InChI is InChI=1S/C26H21BrN4O4/c1-16-13-20(15-28-29-26(33)24-14-21(27)7-12-25(24)32)17(2)30(16)22-8-3-18(4-9-22)19-5-10-23(11-6-19)31(34)35/h3-15,32H,1-2H3,(H,29,33)/b28-15+. The van der Waals surface area contributed by atoms with Gasteiger partial charge in [0.2, 0.25) is 0 Å². The molecule has 1 aromatic heterocycles. The average molecular weight is 533 g/mol. The number of phenols is 1. The Bertz CT molecular complexity index is 1440. The lowest BCUT2D eigenvalue weighted by atomic mass is 10.0. The number of halogens is 1. The first-order chi connectivity index (χ1) is 16.7. The Morgan fingerprint density at radius 1 is 1.03 bits per heavy atom. The predicted octanol–water partition coefficient (Wildman–Crippen LogP) is 5.90. The topological polar surface area (TPSA) is 110 Å². The summed E-state index contributed by atoms with van der Waals surface area (Å²) in [4.78, 5) is 22.8. The van der Waals surface area contributed by atoms with Gasteiger partial charge in [-0.1, -0.05) is 28.1 Å². The van der Waals surface area contributed by atoms with Crippen LogP contribution in [0.25, 0.3) is 16.8 Å². The number of carbonyl (C=O) groups excluding carboxylic acids is 1. The number of amides is 1. The molecule has 9 heteroatoms. The second-order valence-corrected chi connectivity index (χ2v) is 8.79. The van der Waals surface area contributed by atoms with Gasteiger partial charge in [0.25, 0.3) is 11.6 Å². The first-order valence-electron chi connectivity index (χ1n) is 10.6. The van der Waals surface area contributed by atoms with Gasteiger partial charge in [-0.05, 0) is 73.5 Å². The molecule has 0 saturated carbocycles. The number of nitrogens with one attached hydrogen (secondary N) is 1. The molecule has 0 saturated heterocycles. The van der Waals surface area contributed by atoms with E-state index in [1.54, 1.807) is 24.4 Å². The number of nitro groups is 1. The van der Waals surface area contributed by atoms with E-state index in [1.165, 1.54) is 24.3 Å². The Hall–Kier alpha value is -4.24. The Kier molecular flexibility index (Phi) is 6.79. The van der Waals surface area contributed by atoms with Gasteiger partial charge in [-0.3, -0.25) is 14.9 Å². The van der Waals surface area contributed by atoms with Gasteiger partial charge in [-0.2, -0.15) is 5.10 Å². The summed E-state index contributed by atoms with van der Waals surface area (Å²) < 4.78 is 2.75. The van der Waals surface area contributed by atoms with Gasteiger partial charge in [-0.25, -0.2) is 5.43 Å². The quantitative estimate of drug-likeness (QED) is 0.183. The van der Waals surface area contributed by atoms with Crippen LogP contribution in [0, 0.1) is 24.0 Å². The minimum atomic E-state index is -0.518. The monoisotopic (exact) mass is 532 g/mol. The molecule has 4 rings (SSSR count). The number of nitrogens with zero attached hydrogens (tertiary/aromatic N) is 3. The molecule has 0 aliphatic rings. The van der Waals surface area contributed by atoms with Crippen molar-refractivity contribution >= 4 is 33.7 Å². The summed E-state index contributed by atoms with van der Waals surface area (Å²) >= 11 is 3.28. The van der Waals surface area contributed by atoms with Crippen molar-refractivity contribution < 1.29 is 14.8 Å². The molecular formula is C26H21BrN4O4. The van der Waals surface area contributed by atoms with Crippen molar-refractivity contribution in [2.24, 2.45) is 5.10 Å². The smallest absolute Gasteiger partial charge is 0.275 e. The van der Waals surface area contributed by atoms with Crippen LogP contribution in [-0.4, -0.2) is 26.7 Å². The fourth-order valence-corrected chi connectivity index (χ4v) is 4.17. The number of hydrazone groups is 1. The lowest BCUT2D eigenvalue weighted by molar-refractivity contribution is -0.384. The summed E-state index contributed by atoms with van der Waals surface area (Å²) in [6.45, 7) is 3.94. The van der Waals surface area contributed by atoms with Crippen LogP contribution in [-0.2, 0) is 0 Å². The minimum Gasteiger partial charge on any atom is -0.507 e. The van der Waals surface area contributed by atoms with Crippen molar-refractivity contribution in [3.05, 3.63) is 110 Å². The summed E-state index contributed by atoms with van der Waals surface area (Å²) in [6, 6.07) is 20.9. The summed E-state index contributed by atoms with van der Waals surface area (Å²) in [5, 5.41) is 24.8. The third-order valence-corrected chi connectivity index (χ3v) is 6.07. The highest BCUT2D eigenvalue weighted by atomic mass is 79.9. The molecule has 0 fully saturated rings. The highest BCUT2D eigenvalue weighted by Crippen LogP contribution is 2.26. The molecule has 8 nitrogen and oxygen atoms in total. The second-order valence-electron chi connectivity index (χ2n) is 7.87. The predicted molar refractivity (Wildman–Crippen MR) is 138 cm³/mol. The molecule has 1 amide bonds. The van der Waals surface area contributed by atoms with Crippen molar-refractivity contribution in [2.75, 3.05) is 0 Å². The number of aromatic hydroxyl groups is 1. The maximum absolute atomic E-state index is 12.3. The van der Waals surface area contributed by atoms with E-state index in [2.05, 4.69) is 31.0 Å². The zero-order valence-electron chi connectivity index (χ0n) is 18.9. The molecule has 0 bridgehead atoms. The Balaban J connectivity index is 1.51. The molecule has 0 spiro atoms. The largest absolute Gasteiger partial charge is 0.507 e. The number of phenolic OH excluding ortho intramolecular Hbond substituents is 1. The summed E-state index contributed by atoms with van der Waals surface area (Å²) in [5.41, 5.74) is 8.18. The molecule has 2 N–H and O–H groups in total. The first-order valence-corrected chi connectivity index (χ1v) is 11.4. The van der Waals surface area contributed by atoms with Gasteiger partial charge >= 0.3 is 0 Å². The van der Waals surface area contributed by atoms with E-state index in [0.717, 1.165) is 33.8 Å². The maximum Gasteiger partial charge on any atom is 0.275 e. The Morgan fingerprint density at radius 3 is 2.29 bits per heavy atom. The van der Waals surface area contributed by atoms with Crippen LogP contribution in [0.3, 0.4) is 0 Å². The molecule has 0 atom stereocenters. The van der Waals surface area contributed by atoms with E-state index in [1.807, 2.05) is 44.2 Å². The third kappa shape index (κ3) is 5.15. The van der Waals surface area contributed by atoms with Crippen LogP contribution in [0.2, 0.25) is 0 Å².